The Balaban J connectivity index is 1.62. The van der Waals surface area contributed by atoms with Crippen LogP contribution in [0.2, 0.25) is 0 Å². The largest absolute Gasteiger partial charge is 0.481 e. The molecule has 4 saturated carbocycles. The van der Waals surface area contributed by atoms with E-state index >= 15 is 0 Å². The van der Waals surface area contributed by atoms with Gasteiger partial charge in [-0.25, -0.2) is 0 Å². The second kappa shape index (κ2) is 6.99. The third-order valence-corrected chi connectivity index (χ3v) is 13.1. The molecule has 34 heavy (non-hydrogen) atoms. The number of hydrogen-bond donors (Lipinski definition) is 2. The Hall–Kier alpha value is -1.16. The lowest BCUT2D eigenvalue weighted by molar-refractivity contribution is -0.202. The van der Waals surface area contributed by atoms with Crippen LogP contribution in [0.25, 0.3) is 0 Å². The van der Waals surface area contributed by atoms with Gasteiger partial charge >= 0.3 is 5.97 Å². The molecule has 190 valence electrons. The van der Waals surface area contributed by atoms with Crippen molar-refractivity contribution >= 4 is 11.8 Å². The first-order chi connectivity index (χ1) is 15.6. The van der Waals surface area contributed by atoms with Crippen molar-refractivity contribution in [3.05, 3.63) is 11.6 Å². The summed E-state index contributed by atoms with van der Waals surface area (Å²) in [5.41, 5.74) is 0.142. The fraction of sp³-hybridized carbons (Fsp3) is 0.867. The molecule has 0 amide bonds. The Bertz CT molecular complexity index is 965. The van der Waals surface area contributed by atoms with Crippen LogP contribution in [0.15, 0.2) is 11.6 Å². The molecule has 0 heterocycles. The van der Waals surface area contributed by atoms with Gasteiger partial charge < -0.3 is 10.2 Å². The Kier molecular flexibility index (Phi) is 5.04. The van der Waals surface area contributed by atoms with Gasteiger partial charge in [0, 0.05) is 5.92 Å². The average Bonchev–Trinajstić information content (AvgIpc) is 2.73. The molecule has 2 N–H and O–H groups in total. The third-order valence-electron chi connectivity index (χ3n) is 13.1. The summed E-state index contributed by atoms with van der Waals surface area (Å²) in [5, 5.41) is 20.9. The molecule has 5 aliphatic rings. The van der Waals surface area contributed by atoms with Gasteiger partial charge in [0.05, 0.1) is 11.5 Å². The highest BCUT2D eigenvalue weighted by Gasteiger charge is 2.70. The number of ketones is 1. The Labute approximate surface area is 206 Å². The first kappa shape index (κ1) is 24.5. The summed E-state index contributed by atoms with van der Waals surface area (Å²) in [5.74, 6) is 0.0603. The quantitative estimate of drug-likeness (QED) is 0.464. The summed E-state index contributed by atoms with van der Waals surface area (Å²) < 4.78 is 0. The highest BCUT2D eigenvalue weighted by Crippen LogP contribution is 2.75. The van der Waals surface area contributed by atoms with E-state index in [-0.39, 0.29) is 50.8 Å². The van der Waals surface area contributed by atoms with Gasteiger partial charge in [-0.05, 0) is 110 Å². The van der Waals surface area contributed by atoms with E-state index < -0.39 is 11.4 Å². The molecule has 0 aromatic carbocycles. The van der Waals surface area contributed by atoms with Crippen LogP contribution >= 0.6 is 0 Å². The fourth-order valence-electron chi connectivity index (χ4n) is 10.4. The van der Waals surface area contributed by atoms with Crippen LogP contribution in [0, 0.1) is 50.2 Å². The van der Waals surface area contributed by atoms with E-state index in [2.05, 4.69) is 41.5 Å². The van der Waals surface area contributed by atoms with E-state index in [1.165, 1.54) is 5.57 Å². The average molecular weight is 471 g/mol. The second-order valence-electron chi connectivity index (χ2n) is 14.9. The molecule has 0 radical (unpaired) electrons. The minimum atomic E-state index is -0.711. The lowest BCUT2D eigenvalue weighted by Gasteiger charge is -2.70. The predicted molar refractivity (Wildman–Crippen MR) is 133 cm³/mol. The predicted octanol–water partition coefficient (Wildman–Crippen LogP) is 6.41. The fourth-order valence-corrected chi connectivity index (χ4v) is 10.4. The number of carbonyl (C=O) groups is 2. The number of aliphatic hydroxyl groups is 1. The Morgan fingerprint density at radius 1 is 0.912 bits per heavy atom. The van der Waals surface area contributed by atoms with E-state index in [4.69, 9.17) is 0 Å². The number of carboxylic acids is 1. The lowest BCUT2D eigenvalue weighted by Crippen LogP contribution is -2.66. The van der Waals surface area contributed by atoms with Gasteiger partial charge in [-0.2, -0.15) is 0 Å². The van der Waals surface area contributed by atoms with Crippen molar-refractivity contribution in [2.45, 2.75) is 112 Å². The maximum atomic E-state index is 14.2. The number of fused-ring (bicyclic) bond motifs is 7. The van der Waals surface area contributed by atoms with Crippen molar-refractivity contribution in [1.82, 2.24) is 0 Å². The summed E-state index contributed by atoms with van der Waals surface area (Å²) in [7, 11) is 0. The molecule has 0 bridgehead atoms. The topological polar surface area (TPSA) is 74.6 Å². The molecule has 0 aromatic rings. The summed E-state index contributed by atoms with van der Waals surface area (Å²) in [6.07, 6.45) is 9.95. The molecule has 0 spiro atoms. The third kappa shape index (κ3) is 2.81. The number of aliphatic hydroxyl groups excluding tert-OH is 1. The van der Waals surface area contributed by atoms with Crippen LogP contribution in [0.3, 0.4) is 0 Å². The summed E-state index contributed by atoms with van der Waals surface area (Å²) in [6.45, 7) is 15.8. The number of aliphatic carboxylic acids is 1. The Morgan fingerprint density at radius 2 is 1.56 bits per heavy atom. The molecule has 5 rings (SSSR count). The normalized spacial score (nSPS) is 54.1. The van der Waals surface area contributed by atoms with Crippen molar-refractivity contribution in [2.24, 2.45) is 50.2 Å². The smallest absolute Gasteiger partial charge is 0.309 e. The summed E-state index contributed by atoms with van der Waals surface area (Å²) in [4.78, 5) is 26.4. The van der Waals surface area contributed by atoms with E-state index in [9.17, 15) is 19.8 Å². The zero-order chi connectivity index (χ0) is 25.1. The lowest BCUT2D eigenvalue weighted by atomic mass is 9.33. The second-order valence-corrected chi connectivity index (χ2v) is 14.9. The van der Waals surface area contributed by atoms with Crippen LogP contribution < -0.4 is 0 Å². The van der Waals surface area contributed by atoms with E-state index in [0.717, 1.165) is 51.4 Å². The molecule has 5 aliphatic carbocycles. The number of carboxylic acid groups (broad SMARTS) is 1. The molecule has 4 fully saturated rings. The molecule has 4 heteroatoms. The minimum Gasteiger partial charge on any atom is -0.481 e. The van der Waals surface area contributed by atoms with Crippen molar-refractivity contribution in [3.8, 4) is 0 Å². The molecule has 0 aliphatic heterocycles. The molecular weight excluding hydrogens is 424 g/mol. The van der Waals surface area contributed by atoms with Gasteiger partial charge in [0.25, 0.3) is 0 Å². The van der Waals surface area contributed by atoms with Crippen molar-refractivity contribution in [2.75, 3.05) is 0 Å². The first-order valence-electron chi connectivity index (χ1n) is 13.7. The summed E-state index contributed by atoms with van der Waals surface area (Å²) >= 11 is 0. The van der Waals surface area contributed by atoms with Gasteiger partial charge in [0.1, 0.15) is 0 Å². The van der Waals surface area contributed by atoms with Gasteiger partial charge in [0.2, 0.25) is 0 Å². The van der Waals surface area contributed by atoms with E-state index in [0.29, 0.717) is 12.3 Å². The van der Waals surface area contributed by atoms with Crippen LogP contribution in [0.5, 0.6) is 0 Å². The number of carbonyl (C=O) groups excluding carboxylic acids is 1. The first-order valence-corrected chi connectivity index (χ1v) is 13.7. The van der Waals surface area contributed by atoms with Crippen molar-refractivity contribution < 1.29 is 19.8 Å². The van der Waals surface area contributed by atoms with Crippen LogP contribution in [-0.2, 0) is 9.59 Å². The van der Waals surface area contributed by atoms with Crippen molar-refractivity contribution in [3.63, 3.8) is 0 Å². The van der Waals surface area contributed by atoms with E-state index in [1.54, 1.807) is 0 Å². The summed E-state index contributed by atoms with van der Waals surface area (Å²) in [6, 6.07) is 0. The van der Waals surface area contributed by atoms with Crippen LogP contribution in [0.4, 0.5) is 0 Å². The monoisotopic (exact) mass is 470 g/mol. The van der Waals surface area contributed by atoms with E-state index in [1.807, 2.05) is 13.0 Å². The molecule has 9 atom stereocenters. The highest BCUT2D eigenvalue weighted by atomic mass is 16.4. The van der Waals surface area contributed by atoms with Crippen molar-refractivity contribution in [1.29, 1.82) is 0 Å². The molecule has 2 unspecified atom stereocenters. The molecule has 0 saturated heterocycles. The van der Waals surface area contributed by atoms with Gasteiger partial charge in [-0.1, -0.05) is 47.1 Å². The number of allylic oxidation sites excluding steroid dienone is 2. The molecule has 0 aromatic heterocycles. The SMILES string of the molecule is CC1(C)C2CCC3(C)[C@H](C(=O)C=C4[C@H]5C[C@@](C)(C(=O)O)CC[C@]5(C)CC[C@]43C)[C@@]2(C)CC[C@@H]1O. The standard InChI is InChI=1S/C30H46O4/c1-25(2)21-8-11-30(7)23(28(21,5)10-9-22(25)32)20(31)16-18-19-17-27(4,24(33)34)13-12-26(19,3)14-15-29(18,30)6/h16,19,21-23,32H,8-15,17H2,1-7H3,(H,33,34)/t19-,21?,22+,23-,26-,27+,28+,29-,30?/m1/s1. The number of hydrogen-bond acceptors (Lipinski definition) is 3. The minimum absolute atomic E-state index is 0.0296. The maximum absolute atomic E-state index is 14.2. The van der Waals surface area contributed by atoms with Gasteiger partial charge in [-0.3, -0.25) is 9.59 Å². The van der Waals surface area contributed by atoms with Crippen LogP contribution in [-0.4, -0.2) is 28.1 Å². The van der Waals surface area contributed by atoms with Gasteiger partial charge in [0.15, 0.2) is 5.78 Å². The van der Waals surface area contributed by atoms with Crippen LogP contribution in [0.1, 0.15) is 106 Å². The van der Waals surface area contributed by atoms with Gasteiger partial charge in [-0.15, -0.1) is 0 Å². The Morgan fingerprint density at radius 3 is 2.21 bits per heavy atom. The zero-order valence-corrected chi connectivity index (χ0v) is 22.5. The molecule has 4 nitrogen and oxygen atoms in total. The maximum Gasteiger partial charge on any atom is 0.309 e. The number of rotatable bonds is 1. The zero-order valence-electron chi connectivity index (χ0n) is 22.5. The molecular formula is C30H46O4. The highest BCUT2D eigenvalue weighted by molar-refractivity contribution is 5.95.